The van der Waals surface area contributed by atoms with Gasteiger partial charge in [0.15, 0.2) is 0 Å². The van der Waals surface area contributed by atoms with E-state index in [2.05, 4.69) is 34.5 Å². The second kappa shape index (κ2) is 8.20. The van der Waals surface area contributed by atoms with Crippen LogP contribution < -0.4 is 9.64 Å². The van der Waals surface area contributed by atoms with Gasteiger partial charge in [0.2, 0.25) is 5.91 Å². The summed E-state index contributed by atoms with van der Waals surface area (Å²) in [7, 11) is 1.68. The molecule has 0 aliphatic carbocycles. The van der Waals surface area contributed by atoms with Gasteiger partial charge in [-0.1, -0.05) is 6.07 Å². The molecule has 0 bridgehead atoms. The van der Waals surface area contributed by atoms with E-state index in [0.29, 0.717) is 12.3 Å². The molecule has 0 saturated carbocycles. The fourth-order valence-electron chi connectivity index (χ4n) is 3.03. The molecule has 0 N–H and O–H groups in total. The van der Waals surface area contributed by atoms with E-state index in [9.17, 15) is 4.79 Å². The number of thiophene rings is 1. The topological polar surface area (TPSA) is 32.8 Å². The Morgan fingerprint density at radius 1 is 1.12 bits per heavy atom. The fraction of sp³-hybridized carbons (Fsp3) is 0.421. The van der Waals surface area contributed by atoms with Crippen molar-refractivity contribution < 1.29 is 9.53 Å². The number of piperazine rings is 1. The van der Waals surface area contributed by atoms with E-state index in [1.165, 1.54) is 10.6 Å². The van der Waals surface area contributed by atoms with E-state index in [0.717, 1.165) is 44.8 Å². The predicted molar refractivity (Wildman–Crippen MR) is 99.0 cm³/mol. The molecule has 1 amide bonds. The van der Waals surface area contributed by atoms with Crippen LogP contribution in [0.15, 0.2) is 41.8 Å². The lowest BCUT2D eigenvalue weighted by atomic mass is 10.2. The van der Waals surface area contributed by atoms with Crippen LogP contribution in [0.4, 0.5) is 5.69 Å². The molecule has 4 nitrogen and oxygen atoms in total. The van der Waals surface area contributed by atoms with Gasteiger partial charge in [-0.25, -0.2) is 0 Å². The molecule has 1 aromatic heterocycles. The summed E-state index contributed by atoms with van der Waals surface area (Å²) in [5.74, 6) is 1.17. The molecule has 5 heteroatoms. The van der Waals surface area contributed by atoms with Crippen LogP contribution in [0.3, 0.4) is 0 Å². The lowest BCUT2D eigenvalue weighted by molar-refractivity contribution is -0.131. The maximum atomic E-state index is 12.3. The maximum Gasteiger partial charge on any atom is 0.222 e. The zero-order chi connectivity index (χ0) is 16.8. The number of rotatable bonds is 6. The third-order valence-electron chi connectivity index (χ3n) is 4.46. The largest absolute Gasteiger partial charge is 0.497 e. The Hall–Kier alpha value is -2.01. The molecule has 2 heterocycles. The van der Waals surface area contributed by atoms with E-state index in [1.54, 1.807) is 18.4 Å². The highest BCUT2D eigenvalue weighted by Gasteiger charge is 2.20. The number of benzene rings is 1. The molecular formula is C19H24N2O2S. The Bertz CT molecular complexity index is 632. The summed E-state index contributed by atoms with van der Waals surface area (Å²) in [6, 6.07) is 12.3. The van der Waals surface area contributed by atoms with E-state index in [4.69, 9.17) is 4.74 Å². The number of methoxy groups -OCH3 is 1. The van der Waals surface area contributed by atoms with Crippen LogP contribution in [0.1, 0.15) is 17.7 Å². The van der Waals surface area contributed by atoms with Crippen molar-refractivity contribution in [1.82, 2.24) is 4.90 Å². The number of carbonyl (C=O) groups excluding carboxylic acids is 1. The van der Waals surface area contributed by atoms with Crippen LogP contribution in [0, 0.1) is 0 Å². The summed E-state index contributed by atoms with van der Waals surface area (Å²) in [6.07, 6.45) is 2.60. The summed E-state index contributed by atoms with van der Waals surface area (Å²) in [4.78, 5) is 18.1. The molecule has 3 rings (SSSR count). The molecule has 0 atom stereocenters. The highest BCUT2D eigenvalue weighted by atomic mass is 32.1. The van der Waals surface area contributed by atoms with Gasteiger partial charge in [0.25, 0.3) is 0 Å². The summed E-state index contributed by atoms with van der Waals surface area (Å²) in [5.41, 5.74) is 1.19. The van der Waals surface area contributed by atoms with E-state index in [1.807, 2.05) is 17.0 Å². The number of anilines is 1. The van der Waals surface area contributed by atoms with Crippen molar-refractivity contribution in [2.75, 3.05) is 38.2 Å². The molecule has 128 valence electrons. The molecule has 0 spiro atoms. The number of aryl methyl sites for hydroxylation is 1. The first-order valence-electron chi connectivity index (χ1n) is 8.45. The first kappa shape index (κ1) is 16.8. The average Bonchev–Trinajstić information content (AvgIpc) is 3.15. The molecule has 2 aromatic rings. The van der Waals surface area contributed by atoms with Gasteiger partial charge in [-0.05, 0) is 48.6 Å². The highest BCUT2D eigenvalue weighted by Crippen LogP contribution is 2.21. The van der Waals surface area contributed by atoms with Crippen LogP contribution in [-0.2, 0) is 11.2 Å². The monoisotopic (exact) mass is 344 g/mol. The van der Waals surface area contributed by atoms with E-state index < -0.39 is 0 Å². The van der Waals surface area contributed by atoms with Gasteiger partial charge in [-0.15, -0.1) is 11.3 Å². The Labute approximate surface area is 147 Å². The average molecular weight is 344 g/mol. The van der Waals surface area contributed by atoms with E-state index >= 15 is 0 Å². The van der Waals surface area contributed by atoms with Gasteiger partial charge in [-0.2, -0.15) is 0 Å². The summed E-state index contributed by atoms with van der Waals surface area (Å²) >= 11 is 1.77. The lowest BCUT2D eigenvalue weighted by Crippen LogP contribution is -2.48. The molecular weight excluding hydrogens is 320 g/mol. The third kappa shape index (κ3) is 4.29. The number of nitrogens with zero attached hydrogens (tertiary/aromatic N) is 2. The molecule has 1 saturated heterocycles. The molecule has 0 unspecified atom stereocenters. The molecule has 1 aliphatic heterocycles. The van der Waals surface area contributed by atoms with Crippen LogP contribution >= 0.6 is 11.3 Å². The summed E-state index contributed by atoms with van der Waals surface area (Å²) in [5, 5.41) is 2.09. The quantitative estimate of drug-likeness (QED) is 0.805. The minimum absolute atomic E-state index is 0.293. The van der Waals surface area contributed by atoms with Gasteiger partial charge in [-0.3, -0.25) is 4.79 Å². The predicted octanol–water partition coefficient (Wildman–Crippen LogP) is 3.43. The van der Waals surface area contributed by atoms with Gasteiger partial charge in [0.05, 0.1) is 7.11 Å². The first-order chi connectivity index (χ1) is 11.8. The smallest absolute Gasteiger partial charge is 0.222 e. The number of carbonyl (C=O) groups is 1. The maximum absolute atomic E-state index is 12.3. The second-order valence-corrected chi connectivity index (χ2v) is 7.03. The zero-order valence-corrected chi connectivity index (χ0v) is 14.9. The minimum atomic E-state index is 0.293. The first-order valence-corrected chi connectivity index (χ1v) is 9.33. The summed E-state index contributed by atoms with van der Waals surface area (Å²) < 4.78 is 5.20. The van der Waals surface area contributed by atoms with Crippen LogP contribution in [-0.4, -0.2) is 44.1 Å². The van der Waals surface area contributed by atoms with Crippen LogP contribution in [0.5, 0.6) is 5.75 Å². The Morgan fingerprint density at radius 2 is 1.88 bits per heavy atom. The Balaban J connectivity index is 1.43. The normalized spacial score (nSPS) is 14.7. The van der Waals surface area contributed by atoms with E-state index in [-0.39, 0.29) is 0 Å². The molecule has 0 radical (unpaired) electrons. The molecule has 1 aliphatic rings. The summed E-state index contributed by atoms with van der Waals surface area (Å²) in [6.45, 7) is 3.40. The van der Waals surface area contributed by atoms with Crippen molar-refractivity contribution in [1.29, 1.82) is 0 Å². The molecule has 24 heavy (non-hydrogen) atoms. The Kier molecular flexibility index (Phi) is 5.75. The van der Waals surface area contributed by atoms with Crippen molar-refractivity contribution in [2.45, 2.75) is 19.3 Å². The second-order valence-electron chi connectivity index (χ2n) is 6.00. The molecule has 1 aromatic carbocycles. The minimum Gasteiger partial charge on any atom is -0.497 e. The zero-order valence-electron chi connectivity index (χ0n) is 14.1. The SMILES string of the molecule is COc1ccc(N2CCN(C(=O)CCCc3cccs3)CC2)cc1. The van der Waals surface area contributed by atoms with Crippen molar-refractivity contribution in [2.24, 2.45) is 0 Å². The van der Waals surface area contributed by atoms with Crippen LogP contribution in [0.25, 0.3) is 0 Å². The van der Waals surface area contributed by atoms with Crippen molar-refractivity contribution in [3.8, 4) is 5.75 Å². The van der Waals surface area contributed by atoms with Gasteiger partial charge in [0.1, 0.15) is 5.75 Å². The van der Waals surface area contributed by atoms with Crippen LogP contribution in [0.2, 0.25) is 0 Å². The van der Waals surface area contributed by atoms with Gasteiger partial charge in [0, 0.05) is 43.2 Å². The number of ether oxygens (including phenoxy) is 1. The van der Waals surface area contributed by atoms with Crippen molar-refractivity contribution in [3.05, 3.63) is 46.7 Å². The van der Waals surface area contributed by atoms with Crippen molar-refractivity contribution in [3.63, 3.8) is 0 Å². The number of amides is 1. The van der Waals surface area contributed by atoms with Gasteiger partial charge >= 0.3 is 0 Å². The number of hydrogen-bond donors (Lipinski definition) is 0. The standard InChI is InChI=1S/C19H24N2O2S/c1-23-17-9-7-16(8-10-17)20-11-13-21(14-12-20)19(22)6-2-4-18-5-3-15-24-18/h3,5,7-10,15H,2,4,6,11-14H2,1H3. The lowest BCUT2D eigenvalue weighted by Gasteiger charge is -2.36. The third-order valence-corrected chi connectivity index (χ3v) is 5.40. The fourth-order valence-corrected chi connectivity index (χ4v) is 3.79. The molecule has 1 fully saturated rings. The highest BCUT2D eigenvalue weighted by molar-refractivity contribution is 7.09. The van der Waals surface area contributed by atoms with Crippen molar-refractivity contribution >= 4 is 22.9 Å². The Morgan fingerprint density at radius 3 is 2.50 bits per heavy atom. The number of hydrogen-bond acceptors (Lipinski definition) is 4. The van der Waals surface area contributed by atoms with Gasteiger partial charge < -0.3 is 14.5 Å².